The first-order chi connectivity index (χ1) is 11.2. The van der Waals surface area contributed by atoms with E-state index in [1.54, 1.807) is 6.20 Å². The van der Waals surface area contributed by atoms with Crippen molar-refractivity contribution >= 4 is 16.8 Å². The number of likely N-dealkylation sites (tertiary alicyclic amines) is 1. The van der Waals surface area contributed by atoms with Crippen LogP contribution in [0.15, 0.2) is 42.7 Å². The molecule has 3 aromatic rings. The first-order valence-corrected chi connectivity index (χ1v) is 7.89. The highest BCUT2D eigenvalue weighted by Gasteiger charge is 2.32. The van der Waals surface area contributed by atoms with Crippen LogP contribution in [-0.2, 0) is 0 Å². The number of amides is 1. The van der Waals surface area contributed by atoms with E-state index in [0.29, 0.717) is 5.56 Å². The molecule has 1 aliphatic heterocycles. The summed E-state index contributed by atoms with van der Waals surface area (Å²) in [6.07, 6.45) is 5.54. The molecule has 0 aliphatic carbocycles. The number of pyridine rings is 1. The zero-order valence-electron chi connectivity index (χ0n) is 13.0. The van der Waals surface area contributed by atoms with Crippen molar-refractivity contribution in [3.05, 3.63) is 59.8 Å². The standard InChI is InChI=1S/C18H18N4O/c1-12-11-20-17(21-12)16-5-3-9-22(16)18(23)14-6-7-15-13(10-14)4-2-8-19-15/h2,4,6-8,10-11,16H,3,5,9H2,1H3,(H,20,21). The molecule has 5 heteroatoms. The third kappa shape index (κ3) is 2.48. The predicted molar refractivity (Wildman–Crippen MR) is 88.1 cm³/mol. The molecule has 0 spiro atoms. The fourth-order valence-corrected chi connectivity index (χ4v) is 3.27. The summed E-state index contributed by atoms with van der Waals surface area (Å²) >= 11 is 0. The number of hydrogen-bond donors (Lipinski definition) is 1. The number of aromatic amines is 1. The Labute approximate surface area is 134 Å². The summed E-state index contributed by atoms with van der Waals surface area (Å²) in [7, 11) is 0. The minimum absolute atomic E-state index is 0.0424. The smallest absolute Gasteiger partial charge is 0.254 e. The van der Waals surface area contributed by atoms with Gasteiger partial charge in [0.25, 0.3) is 5.91 Å². The van der Waals surface area contributed by atoms with Crippen molar-refractivity contribution in [3.63, 3.8) is 0 Å². The first-order valence-electron chi connectivity index (χ1n) is 7.89. The van der Waals surface area contributed by atoms with Gasteiger partial charge in [-0.25, -0.2) is 4.98 Å². The molecule has 0 bridgehead atoms. The van der Waals surface area contributed by atoms with E-state index in [9.17, 15) is 4.79 Å². The van der Waals surface area contributed by atoms with E-state index < -0.39 is 0 Å². The van der Waals surface area contributed by atoms with Crippen LogP contribution in [0.25, 0.3) is 10.9 Å². The summed E-state index contributed by atoms with van der Waals surface area (Å²) in [5.74, 6) is 0.947. The summed E-state index contributed by atoms with van der Waals surface area (Å²) in [4.78, 5) is 26.9. The number of benzene rings is 1. The number of rotatable bonds is 2. The molecular weight excluding hydrogens is 288 g/mol. The lowest BCUT2D eigenvalue weighted by Gasteiger charge is -2.23. The van der Waals surface area contributed by atoms with E-state index >= 15 is 0 Å². The molecule has 23 heavy (non-hydrogen) atoms. The molecule has 1 atom stereocenters. The molecule has 1 fully saturated rings. The number of nitrogens with zero attached hydrogens (tertiary/aromatic N) is 3. The predicted octanol–water partition coefficient (Wildman–Crippen LogP) is 3.24. The molecule has 1 unspecified atom stereocenters. The highest BCUT2D eigenvalue weighted by Crippen LogP contribution is 2.31. The van der Waals surface area contributed by atoms with E-state index in [4.69, 9.17) is 0 Å². The third-order valence-electron chi connectivity index (χ3n) is 4.40. The van der Waals surface area contributed by atoms with E-state index in [1.807, 2.05) is 48.4 Å². The average molecular weight is 306 g/mol. The van der Waals surface area contributed by atoms with Crippen molar-refractivity contribution in [2.24, 2.45) is 0 Å². The van der Waals surface area contributed by atoms with Crippen LogP contribution in [0.4, 0.5) is 0 Å². The van der Waals surface area contributed by atoms with Gasteiger partial charge in [-0.05, 0) is 44.0 Å². The van der Waals surface area contributed by atoms with Crippen LogP contribution in [0, 0.1) is 6.92 Å². The van der Waals surface area contributed by atoms with Gasteiger partial charge in [-0.1, -0.05) is 6.07 Å². The zero-order valence-corrected chi connectivity index (χ0v) is 13.0. The quantitative estimate of drug-likeness (QED) is 0.790. The van der Waals surface area contributed by atoms with Gasteiger partial charge < -0.3 is 9.88 Å². The Bertz CT molecular complexity index is 870. The normalized spacial score (nSPS) is 17.8. The number of nitrogens with one attached hydrogen (secondary N) is 1. The highest BCUT2D eigenvalue weighted by atomic mass is 16.2. The maximum absolute atomic E-state index is 12.9. The minimum atomic E-state index is 0.0424. The van der Waals surface area contributed by atoms with E-state index in [0.717, 1.165) is 41.8 Å². The number of hydrogen-bond acceptors (Lipinski definition) is 3. The second-order valence-corrected chi connectivity index (χ2v) is 6.02. The molecule has 0 saturated carbocycles. The Morgan fingerprint density at radius 1 is 1.30 bits per heavy atom. The van der Waals surface area contributed by atoms with Crippen molar-refractivity contribution < 1.29 is 4.79 Å². The second-order valence-electron chi connectivity index (χ2n) is 6.02. The monoisotopic (exact) mass is 306 g/mol. The number of carbonyl (C=O) groups is 1. The molecule has 1 aliphatic rings. The number of fused-ring (bicyclic) bond motifs is 1. The average Bonchev–Trinajstić information content (AvgIpc) is 3.22. The summed E-state index contributed by atoms with van der Waals surface area (Å²) in [5, 5.41) is 0.989. The molecular formula is C18H18N4O. The van der Waals surface area contributed by atoms with Gasteiger partial charge in [-0.2, -0.15) is 0 Å². The molecule has 116 valence electrons. The summed E-state index contributed by atoms with van der Waals surface area (Å²) in [6, 6.07) is 9.61. The van der Waals surface area contributed by atoms with Crippen LogP contribution in [0.5, 0.6) is 0 Å². The summed E-state index contributed by atoms with van der Waals surface area (Å²) < 4.78 is 0. The molecule has 0 radical (unpaired) electrons. The minimum Gasteiger partial charge on any atom is -0.344 e. The van der Waals surface area contributed by atoms with Gasteiger partial charge in [0.2, 0.25) is 0 Å². The largest absolute Gasteiger partial charge is 0.344 e. The molecule has 3 heterocycles. The van der Waals surface area contributed by atoms with E-state index in [-0.39, 0.29) is 11.9 Å². The molecule has 4 rings (SSSR count). The van der Waals surface area contributed by atoms with Gasteiger partial charge in [-0.15, -0.1) is 0 Å². The Hall–Kier alpha value is -2.69. The number of aromatic nitrogens is 3. The molecule has 1 amide bonds. The van der Waals surface area contributed by atoms with Gasteiger partial charge in [-0.3, -0.25) is 9.78 Å². The van der Waals surface area contributed by atoms with Crippen LogP contribution in [0.2, 0.25) is 0 Å². The third-order valence-corrected chi connectivity index (χ3v) is 4.40. The molecule has 1 N–H and O–H groups in total. The van der Waals surface area contributed by atoms with E-state index in [2.05, 4.69) is 15.0 Å². The number of carbonyl (C=O) groups excluding carboxylic acids is 1. The Morgan fingerprint density at radius 3 is 3.04 bits per heavy atom. The van der Waals surface area contributed by atoms with Crippen LogP contribution >= 0.6 is 0 Å². The lowest BCUT2D eigenvalue weighted by Crippen LogP contribution is -2.31. The maximum atomic E-state index is 12.9. The van der Waals surface area contributed by atoms with Crippen LogP contribution < -0.4 is 0 Å². The van der Waals surface area contributed by atoms with Gasteiger partial charge in [0.05, 0.1) is 11.6 Å². The first kappa shape index (κ1) is 13.9. The Kier molecular flexibility index (Phi) is 3.33. The number of imidazole rings is 1. The molecule has 1 saturated heterocycles. The highest BCUT2D eigenvalue weighted by molar-refractivity contribution is 5.98. The van der Waals surface area contributed by atoms with Crippen molar-refractivity contribution in [2.45, 2.75) is 25.8 Å². The van der Waals surface area contributed by atoms with Gasteiger partial charge >= 0.3 is 0 Å². The van der Waals surface area contributed by atoms with E-state index in [1.165, 1.54) is 0 Å². The summed E-state index contributed by atoms with van der Waals surface area (Å²) in [6.45, 7) is 2.75. The fourth-order valence-electron chi connectivity index (χ4n) is 3.27. The molecule has 5 nitrogen and oxygen atoms in total. The van der Waals surface area contributed by atoms with Crippen LogP contribution in [-0.4, -0.2) is 32.3 Å². The Morgan fingerprint density at radius 2 is 2.22 bits per heavy atom. The molecule has 2 aromatic heterocycles. The van der Waals surface area contributed by atoms with Gasteiger partial charge in [0.15, 0.2) is 0 Å². The lowest BCUT2D eigenvalue weighted by atomic mass is 10.1. The lowest BCUT2D eigenvalue weighted by molar-refractivity contribution is 0.0730. The summed E-state index contributed by atoms with van der Waals surface area (Å²) in [5.41, 5.74) is 2.64. The fraction of sp³-hybridized carbons (Fsp3) is 0.278. The van der Waals surface area contributed by atoms with Crippen molar-refractivity contribution in [1.29, 1.82) is 0 Å². The SMILES string of the molecule is Cc1cnc(C2CCCN2C(=O)c2ccc3ncccc3c2)[nH]1. The van der Waals surface area contributed by atoms with Crippen molar-refractivity contribution in [3.8, 4) is 0 Å². The molecule has 1 aromatic carbocycles. The van der Waals surface area contributed by atoms with Crippen molar-refractivity contribution in [2.75, 3.05) is 6.54 Å². The van der Waals surface area contributed by atoms with Gasteiger partial charge in [0.1, 0.15) is 5.82 Å². The number of aryl methyl sites for hydroxylation is 1. The topological polar surface area (TPSA) is 61.9 Å². The van der Waals surface area contributed by atoms with Crippen LogP contribution in [0.3, 0.4) is 0 Å². The Balaban J connectivity index is 1.66. The zero-order chi connectivity index (χ0) is 15.8. The van der Waals surface area contributed by atoms with Crippen LogP contribution in [0.1, 0.15) is 40.8 Å². The van der Waals surface area contributed by atoms with Crippen molar-refractivity contribution in [1.82, 2.24) is 19.9 Å². The van der Waals surface area contributed by atoms with Gasteiger partial charge in [0, 0.05) is 35.6 Å². The maximum Gasteiger partial charge on any atom is 0.254 e. The number of H-pyrrole nitrogens is 1. The second kappa shape index (κ2) is 5.50.